The van der Waals surface area contributed by atoms with Gasteiger partial charge < -0.3 is 9.64 Å². The summed E-state index contributed by atoms with van der Waals surface area (Å²) in [6, 6.07) is 7.36. The van der Waals surface area contributed by atoms with Gasteiger partial charge in [-0.25, -0.2) is 0 Å². The Labute approximate surface area is 155 Å². The molecule has 2 heterocycles. The molecule has 0 aliphatic carbocycles. The Morgan fingerprint density at radius 2 is 2.04 bits per heavy atom. The van der Waals surface area contributed by atoms with Gasteiger partial charge >= 0.3 is 0 Å². The van der Waals surface area contributed by atoms with Gasteiger partial charge in [0.1, 0.15) is 0 Å². The third kappa shape index (κ3) is 4.81. The molecular weight excluding hydrogens is 362 g/mol. The zero-order chi connectivity index (χ0) is 17.6. The van der Waals surface area contributed by atoms with E-state index < -0.39 is 0 Å². The number of halogens is 1. The van der Waals surface area contributed by atoms with Gasteiger partial charge in [-0.3, -0.25) is 4.79 Å². The molecule has 1 aromatic heterocycles. The fourth-order valence-corrected chi connectivity index (χ4v) is 3.23. The number of morpholine rings is 1. The molecule has 9 heteroatoms. The average Bonchev–Trinajstić information content (AvgIpc) is 3.00. The van der Waals surface area contributed by atoms with Gasteiger partial charge in [-0.15, -0.1) is 10.2 Å². The number of benzene rings is 1. The second-order valence-corrected chi connectivity index (χ2v) is 6.80. The zero-order valence-corrected chi connectivity index (χ0v) is 15.3. The first-order chi connectivity index (χ1) is 12.1. The molecule has 25 heavy (non-hydrogen) atoms. The summed E-state index contributed by atoms with van der Waals surface area (Å²) in [5.74, 6) is 1.03. The minimum absolute atomic E-state index is 0.0715. The first-order valence-electron chi connectivity index (χ1n) is 7.84. The lowest BCUT2D eigenvalue weighted by Gasteiger charge is -2.26. The molecule has 1 aliphatic rings. The maximum Gasteiger partial charge on any atom is 0.233 e. The van der Waals surface area contributed by atoms with E-state index in [1.165, 1.54) is 11.8 Å². The Morgan fingerprint density at radius 1 is 1.32 bits per heavy atom. The number of rotatable bonds is 5. The summed E-state index contributed by atoms with van der Waals surface area (Å²) in [5.41, 5.74) is 0.915. The van der Waals surface area contributed by atoms with Crippen molar-refractivity contribution in [3.05, 3.63) is 40.7 Å². The number of amides is 1. The van der Waals surface area contributed by atoms with Gasteiger partial charge in [0, 0.05) is 18.1 Å². The van der Waals surface area contributed by atoms with Gasteiger partial charge in [-0.2, -0.15) is 9.78 Å². The van der Waals surface area contributed by atoms with Crippen LogP contribution in [-0.2, 0) is 9.53 Å². The highest BCUT2D eigenvalue weighted by Gasteiger charge is 2.18. The summed E-state index contributed by atoms with van der Waals surface area (Å²) in [6.07, 6.45) is 1.71. The van der Waals surface area contributed by atoms with Crippen LogP contribution < -0.4 is 0 Å². The number of aromatic nitrogens is 3. The standard InChI is InChI=1S/C16H18ClN5O2S/c1-12-19-20-16(25-11-15(23)21-6-8-24-9-7-21)22(12)18-10-13-2-4-14(17)5-3-13/h2-5,10H,6-9,11H2,1H3/b18-10+. The van der Waals surface area contributed by atoms with Gasteiger partial charge in [0.25, 0.3) is 0 Å². The molecule has 1 amide bonds. The Hall–Kier alpha value is -1.90. The van der Waals surface area contributed by atoms with E-state index in [1.807, 2.05) is 19.1 Å². The minimum atomic E-state index is 0.0715. The Bertz CT molecular complexity index is 756. The lowest BCUT2D eigenvalue weighted by molar-refractivity contribution is -0.132. The van der Waals surface area contributed by atoms with Crippen LogP contribution in [0.4, 0.5) is 0 Å². The number of hydrogen-bond donors (Lipinski definition) is 0. The van der Waals surface area contributed by atoms with Crippen LogP contribution in [0.1, 0.15) is 11.4 Å². The SMILES string of the molecule is Cc1nnc(SCC(=O)N2CCOCC2)n1/N=C/c1ccc(Cl)cc1. The van der Waals surface area contributed by atoms with Gasteiger partial charge in [0.05, 0.1) is 25.2 Å². The molecule has 1 aliphatic heterocycles. The number of carbonyl (C=O) groups is 1. The highest BCUT2D eigenvalue weighted by molar-refractivity contribution is 7.99. The van der Waals surface area contributed by atoms with Gasteiger partial charge in [-0.05, 0) is 24.6 Å². The van der Waals surface area contributed by atoms with E-state index in [-0.39, 0.29) is 5.91 Å². The predicted molar refractivity (Wildman–Crippen MR) is 97.3 cm³/mol. The minimum Gasteiger partial charge on any atom is -0.378 e. The first-order valence-corrected chi connectivity index (χ1v) is 9.20. The first kappa shape index (κ1) is 17.9. The maximum absolute atomic E-state index is 12.2. The predicted octanol–water partition coefficient (Wildman–Crippen LogP) is 2.07. The van der Waals surface area contributed by atoms with E-state index in [1.54, 1.807) is 27.9 Å². The lowest BCUT2D eigenvalue weighted by atomic mass is 10.2. The second-order valence-electron chi connectivity index (χ2n) is 5.42. The second kappa shape index (κ2) is 8.46. The van der Waals surface area contributed by atoms with Crippen molar-refractivity contribution in [1.82, 2.24) is 19.8 Å². The van der Waals surface area contributed by atoms with E-state index in [2.05, 4.69) is 15.3 Å². The van der Waals surface area contributed by atoms with E-state index >= 15 is 0 Å². The molecule has 2 aromatic rings. The molecule has 0 spiro atoms. The highest BCUT2D eigenvalue weighted by Crippen LogP contribution is 2.18. The Kier molecular flexibility index (Phi) is 6.06. The highest BCUT2D eigenvalue weighted by atomic mass is 35.5. The molecule has 0 N–H and O–H groups in total. The van der Waals surface area contributed by atoms with Gasteiger partial charge in [0.15, 0.2) is 5.82 Å². The number of ether oxygens (including phenoxy) is 1. The molecule has 1 fully saturated rings. The molecule has 0 bridgehead atoms. The van der Waals surface area contributed by atoms with Crippen molar-refractivity contribution in [2.75, 3.05) is 32.1 Å². The van der Waals surface area contributed by atoms with Crippen LogP contribution in [0.25, 0.3) is 0 Å². The van der Waals surface area contributed by atoms with Crippen molar-refractivity contribution < 1.29 is 9.53 Å². The molecule has 1 aromatic carbocycles. The number of hydrogen-bond acceptors (Lipinski definition) is 6. The van der Waals surface area contributed by atoms with Crippen LogP contribution in [0.3, 0.4) is 0 Å². The summed E-state index contributed by atoms with van der Waals surface area (Å²) in [7, 11) is 0. The summed E-state index contributed by atoms with van der Waals surface area (Å²) in [5, 5.41) is 13.8. The molecule has 3 rings (SSSR count). The number of aryl methyl sites for hydroxylation is 1. The summed E-state index contributed by atoms with van der Waals surface area (Å²) in [4.78, 5) is 14.0. The lowest BCUT2D eigenvalue weighted by Crippen LogP contribution is -2.41. The maximum atomic E-state index is 12.2. The number of nitrogens with zero attached hydrogens (tertiary/aromatic N) is 5. The van der Waals surface area contributed by atoms with Crippen LogP contribution in [-0.4, -0.2) is 64.0 Å². The molecule has 0 unspecified atom stereocenters. The Balaban J connectivity index is 1.64. The van der Waals surface area contributed by atoms with Gasteiger partial charge in [0.2, 0.25) is 11.1 Å². The molecular formula is C16H18ClN5O2S. The molecule has 7 nitrogen and oxygen atoms in total. The van der Waals surface area contributed by atoms with Crippen molar-refractivity contribution in [3.63, 3.8) is 0 Å². The smallest absolute Gasteiger partial charge is 0.233 e. The number of thioether (sulfide) groups is 1. The van der Waals surface area contributed by atoms with Crippen molar-refractivity contribution in [3.8, 4) is 0 Å². The largest absolute Gasteiger partial charge is 0.378 e. The van der Waals surface area contributed by atoms with Crippen molar-refractivity contribution in [2.45, 2.75) is 12.1 Å². The monoisotopic (exact) mass is 379 g/mol. The van der Waals surface area contributed by atoms with E-state index in [9.17, 15) is 4.79 Å². The fraction of sp³-hybridized carbons (Fsp3) is 0.375. The molecule has 0 radical (unpaired) electrons. The van der Waals surface area contributed by atoms with Crippen LogP contribution in [0.5, 0.6) is 0 Å². The molecule has 0 atom stereocenters. The normalized spacial score (nSPS) is 15.0. The fourth-order valence-electron chi connectivity index (χ4n) is 2.26. The van der Waals surface area contributed by atoms with Crippen LogP contribution in [0.2, 0.25) is 5.02 Å². The third-order valence-electron chi connectivity index (χ3n) is 3.65. The van der Waals surface area contributed by atoms with E-state index in [0.29, 0.717) is 48.1 Å². The van der Waals surface area contributed by atoms with Gasteiger partial charge in [-0.1, -0.05) is 35.5 Å². The van der Waals surface area contributed by atoms with E-state index in [0.717, 1.165) is 5.56 Å². The quantitative estimate of drug-likeness (QED) is 0.587. The zero-order valence-electron chi connectivity index (χ0n) is 13.8. The summed E-state index contributed by atoms with van der Waals surface area (Å²) < 4.78 is 6.89. The van der Waals surface area contributed by atoms with Crippen LogP contribution in [0, 0.1) is 6.92 Å². The molecule has 0 saturated carbocycles. The van der Waals surface area contributed by atoms with Crippen LogP contribution >= 0.6 is 23.4 Å². The van der Waals surface area contributed by atoms with E-state index in [4.69, 9.17) is 16.3 Å². The molecule has 132 valence electrons. The summed E-state index contributed by atoms with van der Waals surface area (Å²) in [6.45, 7) is 4.29. The van der Waals surface area contributed by atoms with Crippen molar-refractivity contribution >= 4 is 35.5 Å². The van der Waals surface area contributed by atoms with Crippen molar-refractivity contribution in [2.24, 2.45) is 5.10 Å². The molecule has 1 saturated heterocycles. The average molecular weight is 380 g/mol. The Morgan fingerprint density at radius 3 is 2.76 bits per heavy atom. The van der Waals surface area contributed by atoms with Crippen LogP contribution in [0.15, 0.2) is 34.5 Å². The van der Waals surface area contributed by atoms with Crippen molar-refractivity contribution in [1.29, 1.82) is 0 Å². The number of carbonyl (C=O) groups excluding carboxylic acids is 1. The summed E-state index contributed by atoms with van der Waals surface area (Å²) >= 11 is 7.21. The topological polar surface area (TPSA) is 72.6 Å². The third-order valence-corrected chi connectivity index (χ3v) is 4.80.